The molecule has 0 saturated heterocycles. The van der Waals surface area contributed by atoms with Crippen molar-refractivity contribution in [3.63, 3.8) is 0 Å². The largest absolute Gasteiger partial charge is 0.481 e. The van der Waals surface area contributed by atoms with Crippen LogP contribution in [0.3, 0.4) is 0 Å². The van der Waals surface area contributed by atoms with Crippen LogP contribution in [0.5, 0.6) is 0 Å². The normalized spacial score (nSPS) is 23.1. The number of hydrogen-bond acceptors (Lipinski definition) is 2. The Balaban J connectivity index is 1.78. The van der Waals surface area contributed by atoms with Crippen molar-refractivity contribution in [2.24, 2.45) is 17.3 Å². The van der Waals surface area contributed by atoms with E-state index in [1.165, 1.54) is 32.1 Å². The molecule has 2 aliphatic carbocycles. The fraction of sp³-hybridized carbons (Fsp3) is 0.875. The molecule has 0 heterocycles. The standard InChI is InChI=1S/C16H27NO3/c1-2-13(10-12-6-4-3-5-7-12)14(18)17-11-16(8-9-16)15(19)20/h12-13H,2-11H2,1H3,(H,17,18)(H,19,20). The predicted molar refractivity (Wildman–Crippen MR) is 77.3 cm³/mol. The summed E-state index contributed by atoms with van der Waals surface area (Å²) in [4.78, 5) is 23.3. The van der Waals surface area contributed by atoms with Crippen LogP contribution >= 0.6 is 0 Å². The number of hydrogen-bond donors (Lipinski definition) is 2. The third-order valence-corrected chi connectivity index (χ3v) is 5.11. The summed E-state index contributed by atoms with van der Waals surface area (Å²) in [6.45, 7) is 2.36. The van der Waals surface area contributed by atoms with Crippen LogP contribution in [0.15, 0.2) is 0 Å². The number of carboxylic acid groups (broad SMARTS) is 1. The number of aliphatic carboxylic acids is 1. The first-order valence-electron chi connectivity index (χ1n) is 8.08. The van der Waals surface area contributed by atoms with Gasteiger partial charge in [-0.2, -0.15) is 0 Å². The number of carbonyl (C=O) groups excluding carboxylic acids is 1. The number of nitrogens with one attached hydrogen (secondary N) is 1. The average Bonchev–Trinajstić information content (AvgIpc) is 3.24. The van der Waals surface area contributed by atoms with Crippen molar-refractivity contribution in [3.8, 4) is 0 Å². The number of carbonyl (C=O) groups is 2. The quantitative estimate of drug-likeness (QED) is 0.754. The third-order valence-electron chi connectivity index (χ3n) is 5.11. The highest BCUT2D eigenvalue weighted by atomic mass is 16.4. The lowest BCUT2D eigenvalue weighted by molar-refractivity contribution is -0.143. The van der Waals surface area contributed by atoms with Gasteiger partial charge < -0.3 is 10.4 Å². The van der Waals surface area contributed by atoms with Crippen molar-refractivity contribution >= 4 is 11.9 Å². The van der Waals surface area contributed by atoms with E-state index in [0.717, 1.165) is 12.8 Å². The van der Waals surface area contributed by atoms with Crippen molar-refractivity contribution in [2.75, 3.05) is 6.54 Å². The monoisotopic (exact) mass is 281 g/mol. The molecule has 1 unspecified atom stereocenters. The molecule has 2 aliphatic rings. The van der Waals surface area contributed by atoms with E-state index in [1.54, 1.807) is 0 Å². The van der Waals surface area contributed by atoms with Crippen LogP contribution in [0.25, 0.3) is 0 Å². The lowest BCUT2D eigenvalue weighted by Gasteiger charge is -2.25. The second kappa shape index (κ2) is 6.59. The summed E-state index contributed by atoms with van der Waals surface area (Å²) < 4.78 is 0. The molecular formula is C16H27NO3. The summed E-state index contributed by atoms with van der Waals surface area (Å²) in [6, 6.07) is 0. The zero-order chi connectivity index (χ0) is 14.6. The van der Waals surface area contributed by atoms with Crippen molar-refractivity contribution in [3.05, 3.63) is 0 Å². The molecule has 0 spiro atoms. The lowest BCUT2D eigenvalue weighted by Crippen LogP contribution is -2.38. The van der Waals surface area contributed by atoms with Crippen LogP contribution in [0.2, 0.25) is 0 Å². The third kappa shape index (κ3) is 3.74. The molecule has 4 heteroatoms. The number of rotatable bonds is 7. The zero-order valence-electron chi connectivity index (χ0n) is 12.5. The Kier molecular flexibility index (Phi) is 5.06. The van der Waals surface area contributed by atoms with Gasteiger partial charge in [-0.25, -0.2) is 0 Å². The first-order chi connectivity index (χ1) is 9.57. The molecule has 0 aromatic rings. The Hall–Kier alpha value is -1.06. The van der Waals surface area contributed by atoms with Crippen LogP contribution in [-0.4, -0.2) is 23.5 Å². The van der Waals surface area contributed by atoms with Gasteiger partial charge in [0.2, 0.25) is 5.91 Å². The van der Waals surface area contributed by atoms with Crippen LogP contribution in [-0.2, 0) is 9.59 Å². The van der Waals surface area contributed by atoms with Crippen LogP contribution in [0.1, 0.15) is 64.7 Å². The Labute approximate surface area is 121 Å². The molecule has 0 aliphatic heterocycles. The maximum absolute atomic E-state index is 12.2. The van der Waals surface area contributed by atoms with E-state index in [0.29, 0.717) is 25.3 Å². The molecule has 4 nitrogen and oxygen atoms in total. The molecule has 2 rings (SSSR count). The van der Waals surface area contributed by atoms with Gasteiger partial charge in [-0.1, -0.05) is 39.0 Å². The SMILES string of the molecule is CCC(CC1CCCCC1)C(=O)NCC1(C(=O)O)CC1. The molecule has 1 atom stereocenters. The fourth-order valence-corrected chi connectivity index (χ4v) is 3.30. The van der Waals surface area contributed by atoms with E-state index in [9.17, 15) is 9.59 Å². The highest BCUT2D eigenvalue weighted by molar-refractivity contribution is 5.82. The summed E-state index contributed by atoms with van der Waals surface area (Å²) in [5, 5.41) is 12.0. The Bertz CT molecular complexity index is 357. The molecule has 2 N–H and O–H groups in total. The lowest BCUT2D eigenvalue weighted by atomic mass is 9.81. The summed E-state index contributed by atoms with van der Waals surface area (Å²) in [5.41, 5.74) is -0.654. The smallest absolute Gasteiger partial charge is 0.311 e. The highest BCUT2D eigenvalue weighted by Gasteiger charge is 2.50. The summed E-state index contributed by atoms with van der Waals surface area (Å²) in [5.74, 6) is 0.0419. The molecule has 20 heavy (non-hydrogen) atoms. The molecule has 0 aromatic heterocycles. The summed E-state index contributed by atoms with van der Waals surface area (Å²) in [6.07, 6.45) is 9.65. The molecular weight excluding hydrogens is 254 g/mol. The van der Waals surface area contributed by atoms with E-state index in [4.69, 9.17) is 5.11 Å². The minimum Gasteiger partial charge on any atom is -0.481 e. The number of carboxylic acids is 1. The van der Waals surface area contributed by atoms with E-state index in [2.05, 4.69) is 12.2 Å². The molecule has 0 aromatic carbocycles. The maximum Gasteiger partial charge on any atom is 0.311 e. The molecule has 2 fully saturated rings. The van der Waals surface area contributed by atoms with Crippen LogP contribution in [0, 0.1) is 17.3 Å². The van der Waals surface area contributed by atoms with Crippen LogP contribution < -0.4 is 5.32 Å². The van der Waals surface area contributed by atoms with Crippen LogP contribution in [0.4, 0.5) is 0 Å². The predicted octanol–water partition coefficient (Wildman–Crippen LogP) is 2.96. The molecule has 2 saturated carbocycles. The minimum absolute atomic E-state index is 0.0581. The van der Waals surface area contributed by atoms with E-state index < -0.39 is 11.4 Å². The topological polar surface area (TPSA) is 66.4 Å². The first-order valence-corrected chi connectivity index (χ1v) is 8.08. The van der Waals surface area contributed by atoms with Gasteiger partial charge in [0.1, 0.15) is 0 Å². The molecule has 114 valence electrons. The van der Waals surface area contributed by atoms with Crippen molar-refractivity contribution in [1.29, 1.82) is 0 Å². The van der Waals surface area contributed by atoms with Gasteiger partial charge in [0.15, 0.2) is 0 Å². The first kappa shape index (κ1) is 15.3. The van der Waals surface area contributed by atoms with Gasteiger partial charge in [-0.15, -0.1) is 0 Å². The zero-order valence-corrected chi connectivity index (χ0v) is 12.5. The van der Waals surface area contributed by atoms with Crippen molar-refractivity contribution in [2.45, 2.75) is 64.7 Å². The van der Waals surface area contributed by atoms with E-state index in [-0.39, 0.29) is 11.8 Å². The maximum atomic E-state index is 12.2. The van der Waals surface area contributed by atoms with Gasteiger partial charge in [0, 0.05) is 12.5 Å². The second-order valence-electron chi connectivity index (χ2n) is 6.65. The number of amides is 1. The minimum atomic E-state index is -0.766. The Morgan fingerprint density at radius 2 is 1.90 bits per heavy atom. The molecule has 0 radical (unpaired) electrons. The summed E-state index contributed by atoms with van der Waals surface area (Å²) in [7, 11) is 0. The van der Waals surface area contributed by atoms with Gasteiger partial charge in [0.05, 0.1) is 5.41 Å². The van der Waals surface area contributed by atoms with Gasteiger partial charge in [-0.3, -0.25) is 9.59 Å². The average molecular weight is 281 g/mol. The highest BCUT2D eigenvalue weighted by Crippen LogP contribution is 2.45. The van der Waals surface area contributed by atoms with Gasteiger partial charge in [0.25, 0.3) is 0 Å². The Morgan fingerprint density at radius 3 is 2.40 bits per heavy atom. The van der Waals surface area contributed by atoms with Crippen molar-refractivity contribution in [1.82, 2.24) is 5.32 Å². The van der Waals surface area contributed by atoms with E-state index >= 15 is 0 Å². The second-order valence-corrected chi connectivity index (χ2v) is 6.65. The van der Waals surface area contributed by atoms with Gasteiger partial charge >= 0.3 is 5.97 Å². The van der Waals surface area contributed by atoms with Crippen molar-refractivity contribution < 1.29 is 14.7 Å². The van der Waals surface area contributed by atoms with Gasteiger partial charge in [-0.05, 0) is 31.6 Å². The molecule has 1 amide bonds. The molecule has 0 bridgehead atoms. The van der Waals surface area contributed by atoms with E-state index in [1.807, 2.05) is 0 Å². The fourth-order valence-electron chi connectivity index (χ4n) is 3.30. The summed E-state index contributed by atoms with van der Waals surface area (Å²) >= 11 is 0. The Morgan fingerprint density at radius 1 is 1.25 bits per heavy atom.